The van der Waals surface area contributed by atoms with Crippen LogP contribution in [0.1, 0.15) is 42.6 Å². The first kappa shape index (κ1) is 12.3. The van der Waals surface area contributed by atoms with Gasteiger partial charge in [0.1, 0.15) is 17.3 Å². The third-order valence-corrected chi connectivity index (χ3v) is 3.93. The van der Waals surface area contributed by atoms with Gasteiger partial charge in [-0.3, -0.25) is 0 Å². The Bertz CT molecular complexity index is 621. The molecule has 1 saturated carbocycles. The van der Waals surface area contributed by atoms with Crippen molar-refractivity contribution in [1.82, 2.24) is 9.55 Å². The molecule has 2 N–H and O–H groups in total. The molecule has 1 fully saturated rings. The highest BCUT2D eigenvalue weighted by molar-refractivity contribution is 5.74. The zero-order valence-corrected chi connectivity index (χ0v) is 11.9. The van der Waals surface area contributed by atoms with Gasteiger partial charge in [-0.2, -0.15) is 0 Å². The minimum absolute atomic E-state index is 0.627. The topological polar surface area (TPSA) is 43.8 Å². The van der Waals surface area contributed by atoms with Crippen LogP contribution in [0.5, 0.6) is 0 Å². The van der Waals surface area contributed by atoms with E-state index in [0.29, 0.717) is 5.92 Å². The van der Waals surface area contributed by atoms with Crippen molar-refractivity contribution in [3.63, 3.8) is 0 Å². The fourth-order valence-corrected chi connectivity index (χ4v) is 2.75. The van der Waals surface area contributed by atoms with Crippen molar-refractivity contribution < 1.29 is 0 Å². The summed E-state index contributed by atoms with van der Waals surface area (Å²) < 4.78 is 2.17. The van der Waals surface area contributed by atoms with Gasteiger partial charge in [0, 0.05) is 18.0 Å². The maximum atomic E-state index is 6.32. The van der Waals surface area contributed by atoms with Crippen molar-refractivity contribution >= 4 is 5.82 Å². The maximum Gasteiger partial charge on any atom is 0.131 e. The highest BCUT2D eigenvalue weighted by Gasteiger charge is 2.30. The van der Waals surface area contributed by atoms with Gasteiger partial charge in [0.15, 0.2) is 0 Å². The summed E-state index contributed by atoms with van der Waals surface area (Å²) in [5.74, 6) is 2.62. The Labute approximate surface area is 114 Å². The molecule has 0 aliphatic heterocycles. The molecule has 0 radical (unpaired) electrons. The second-order valence-electron chi connectivity index (χ2n) is 5.54. The third-order valence-electron chi connectivity index (χ3n) is 3.93. The minimum atomic E-state index is 0.627. The first-order chi connectivity index (χ1) is 9.11. The van der Waals surface area contributed by atoms with Crippen LogP contribution in [-0.4, -0.2) is 9.55 Å². The molecule has 3 rings (SSSR count). The lowest BCUT2D eigenvalue weighted by Crippen LogP contribution is -2.04. The van der Waals surface area contributed by atoms with Crippen LogP contribution < -0.4 is 5.73 Å². The van der Waals surface area contributed by atoms with E-state index in [1.54, 1.807) is 0 Å². The molecule has 0 atom stereocenters. The first-order valence-corrected chi connectivity index (χ1v) is 7.05. The summed E-state index contributed by atoms with van der Waals surface area (Å²) in [5, 5.41) is 0. The number of nitrogens with two attached hydrogens (primary N) is 1. The Morgan fingerprint density at radius 1 is 1.32 bits per heavy atom. The maximum absolute atomic E-state index is 6.32. The molecule has 1 heterocycles. The van der Waals surface area contributed by atoms with Crippen molar-refractivity contribution in [3.05, 3.63) is 35.2 Å². The number of hydrogen-bond acceptors (Lipinski definition) is 2. The number of anilines is 1. The molecule has 1 aliphatic carbocycles. The first-order valence-electron chi connectivity index (χ1n) is 7.05. The Kier molecular flexibility index (Phi) is 2.85. The number of nitrogens with zero attached hydrogens (tertiary/aromatic N) is 2. The van der Waals surface area contributed by atoms with Gasteiger partial charge in [-0.05, 0) is 39.2 Å². The summed E-state index contributed by atoms with van der Waals surface area (Å²) in [6.07, 6.45) is 2.51. The van der Waals surface area contributed by atoms with E-state index in [2.05, 4.69) is 43.5 Å². The van der Waals surface area contributed by atoms with Gasteiger partial charge in [0.05, 0.1) is 0 Å². The lowest BCUT2D eigenvalue weighted by Gasteiger charge is -2.07. The van der Waals surface area contributed by atoms with Crippen LogP contribution in [0.25, 0.3) is 11.3 Å². The summed E-state index contributed by atoms with van der Waals surface area (Å²) >= 11 is 0. The van der Waals surface area contributed by atoms with Crippen molar-refractivity contribution in [2.75, 3.05) is 5.73 Å². The van der Waals surface area contributed by atoms with E-state index >= 15 is 0 Å². The van der Waals surface area contributed by atoms with Crippen LogP contribution in [0.2, 0.25) is 0 Å². The Morgan fingerprint density at radius 3 is 2.63 bits per heavy atom. The van der Waals surface area contributed by atoms with E-state index in [1.165, 1.54) is 29.8 Å². The molecule has 0 spiro atoms. The fraction of sp³-hybridized carbons (Fsp3) is 0.438. The van der Waals surface area contributed by atoms with Gasteiger partial charge in [0.2, 0.25) is 0 Å². The normalized spacial score (nSPS) is 14.9. The van der Waals surface area contributed by atoms with Crippen LogP contribution in [0.15, 0.2) is 18.2 Å². The molecular formula is C16H21N3. The van der Waals surface area contributed by atoms with Crippen LogP contribution in [0.4, 0.5) is 5.82 Å². The number of aromatic nitrogens is 2. The Morgan fingerprint density at radius 2 is 2.05 bits per heavy atom. The van der Waals surface area contributed by atoms with Crippen molar-refractivity contribution in [2.24, 2.45) is 0 Å². The summed E-state index contributed by atoms with van der Waals surface area (Å²) in [5.41, 5.74) is 11.0. The zero-order valence-electron chi connectivity index (χ0n) is 11.9. The molecule has 3 nitrogen and oxygen atoms in total. The highest BCUT2D eigenvalue weighted by atomic mass is 15.1. The van der Waals surface area contributed by atoms with Gasteiger partial charge in [-0.25, -0.2) is 4.98 Å². The fourth-order valence-electron chi connectivity index (χ4n) is 2.75. The predicted molar refractivity (Wildman–Crippen MR) is 79.2 cm³/mol. The molecule has 1 aliphatic rings. The zero-order chi connectivity index (χ0) is 13.6. The van der Waals surface area contributed by atoms with Gasteiger partial charge in [-0.1, -0.05) is 23.8 Å². The van der Waals surface area contributed by atoms with E-state index < -0.39 is 0 Å². The van der Waals surface area contributed by atoms with Crippen LogP contribution in [-0.2, 0) is 6.54 Å². The van der Waals surface area contributed by atoms with Gasteiger partial charge in [0.25, 0.3) is 0 Å². The number of hydrogen-bond donors (Lipinski definition) is 1. The van der Waals surface area contributed by atoms with Crippen LogP contribution in [0, 0.1) is 13.8 Å². The highest BCUT2D eigenvalue weighted by Crippen LogP contribution is 2.42. The number of benzene rings is 1. The molecule has 2 aromatic rings. The molecule has 0 bridgehead atoms. The summed E-state index contributed by atoms with van der Waals surface area (Å²) in [6.45, 7) is 7.27. The average molecular weight is 255 g/mol. The van der Waals surface area contributed by atoms with Gasteiger partial charge < -0.3 is 10.3 Å². The standard InChI is InChI=1S/C16H21N3/c1-4-19-15(17)14(18-16(19)12-6-7-12)13-8-5-10(2)9-11(13)3/h5,8-9,12H,4,6-7,17H2,1-3H3. The molecule has 0 saturated heterocycles. The van der Waals surface area contributed by atoms with Gasteiger partial charge in [-0.15, -0.1) is 0 Å². The SMILES string of the molecule is CCn1c(C2CC2)nc(-c2ccc(C)cc2C)c1N. The third kappa shape index (κ3) is 2.03. The average Bonchev–Trinajstić information content (AvgIpc) is 3.15. The second-order valence-corrected chi connectivity index (χ2v) is 5.54. The molecular weight excluding hydrogens is 234 g/mol. The van der Waals surface area contributed by atoms with E-state index in [4.69, 9.17) is 10.7 Å². The minimum Gasteiger partial charge on any atom is -0.383 e. The molecule has 0 amide bonds. The lowest BCUT2D eigenvalue weighted by atomic mass is 10.0. The largest absolute Gasteiger partial charge is 0.383 e. The molecule has 1 aromatic heterocycles. The number of imidazole rings is 1. The van der Waals surface area contributed by atoms with E-state index in [0.717, 1.165) is 23.6 Å². The molecule has 19 heavy (non-hydrogen) atoms. The smallest absolute Gasteiger partial charge is 0.131 e. The van der Waals surface area contributed by atoms with Crippen LogP contribution in [0.3, 0.4) is 0 Å². The molecule has 100 valence electrons. The second kappa shape index (κ2) is 4.41. The van der Waals surface area contributed by atoms with Crippen molar-refractivity contribution in [1.29, 1.82) is 0 Å². The Hall–Kier alpha value is -1.77. The van der Waals surface area contributed by atoms with Crippen molar-refractivity contribution in [3.8, 4) is 11.3 Å². The van der Waals surface area contributed by atoms with E-state index in [1.807, 2.05) is 0 Å². The van der Waals surface area contributed by atoms with Gasteiger partial charge >= 0.3 is 0 Å². The number of rotatable bonds is 3. The van der Waals surface area contributed by atoms with E-state index in [9.17, 15) is 0 Å². The number of nitrogen functional groups attached to an aromatic ring is 1. The number of aryl methyl sites for hydroxylation is 2. The molecule has 1 aromatic carbocycles. The summed E-state index contributed by atoms with van der Waals surface area (Å²) in [4.78, 5) is 4.84. The summed E-state index contributed by atoms with van der Waals surface area (Å²) in [7, 11) is 0. The molecule has 0 unspecified atom stereocenters. The lowest BCUT2D eigenvalue weighted by molar-refractivity contribution is 0.708. The van der Waals surface area contributed by atoms with Crippen molar-refractivity contribution in [2.45, 2.75) is 46.1 Å². The monoisotopic (exact) mass is 255 g/mol. The quantitative estimate of drug-likeness (QED) is 0.909. The molecule has 3 heteroatoms. The van der Waals surface area contributed by atoms with E-state index in [-0.39, 0.29) is 0 Å². The predicted octanol–water partition coefficient (Wildman–Crippen LogP) is 3.65. The Balaban J connectivity index is 2.14. The summed E-state index contributed by atoms with van der Waals surface area (Å²) in [6, 6.07) is 6.46. The van der Waals surface area contributed by atoms with Crippen LogP contribution >= 0.6 is 0 Å².